The molecule has 0 saturated heterocycles. The van der Waals surface area contributed by atoms with Crippen LogP contribution in [0.15, 0.2) is 0 Å². The van der Waals surface area contributed by atoms with Crippen molar-refractivity contribution < 1.29 is 4.79 Å². The molecule has 0 bridgehead atoms. The fourth-order valence-electron chi connectivity index (χ4n) is 0.459. The summed E-state index contributed by atoms with van der Waals surface area (Å²) in [7, 11) is 8.39. The van der Waals surface area contributed by atoms with Gasteiger partial charge in [0.15, 0.2) is 7.98 Å². The van der Waals surface area contributed by atoms with Gasteiger partial charge in [0.2, 0.25) is 5.91 Å². The van der Waals surface area contributed by atoms with E-state index < -0.39 is 0 Å². The fourth-order valence-corrected chi connectivity index (χ4v) is 0.459. The molecule has 0 aromatic carbocycles. The van der Waals surface area contributed by atoms with Crippen LogP contribution in [0.2, 0.25) is 0 Å². The normalized spacial score (nSPS) is 12.8. The molecule has 0 aliphatic rings. The summed E-state index contributed by atoms with van der Waals surface area (Å²) in [5.41, 5.74) is 0. The van der Waals surface area contributed by atoms with Crippen LogP contribution < -0.4 is 5.23 Å². The van der Waals surface area contributed by atoms with Crippen LogP contribution in [-0.4, -0.2) is 38.9 Å². The van der Waals surface area contributed by atoms with Crippen LogP contribution in [-0.2, 0) is 4.79 Å². The topological polar surface area (TPSA) is 32.3 Å². The number of carbonyl (C=O) groups excluding carboxylic acids is 1. The lowest BCUT2D eigenvalue weighted by molar-refractivity contribution is -0.130. The van der Waals surface area contributed by atoms with Crippen molar-refractivity contribution in [1.29, 1.82) is 0 Å². The Morgan fingerprint density at radius 1 is 1.67 bits per heavy atom. The van der Waals surface area contributed by atoms with Gasteiger partial charge in [0.05, 0.1) is 6.04 Å². The minimum atomic E-state index is -0.292. The highest BCUT2D eigenvalue weighted by molar-refractivity contribution is 6.06. The summed E-state index contributed by atoms with van der Waals surface area (Å²) in [5.74, 6) is -0.0162. The molecular formula is C5H11BN2O. The van der Waals surface area contributed by atoms with E-state index in [9.17, 15) is 4.79 Å². The first-order chi connectivity index (χ1) is 4.09. The molecule has 4 heteroatoms. The van der Waals surface area contributed by atoms with Gasteiger partial charge in [-0.15, -0.1) is 0 Å². The second-order valence-electron chi connectivity index (χ2n) is 2.12. The van der Waals surface area contributed by atoms with E-state index >= 15 is 0 Å². The van der Waals surface area contributed by atoms with E-state index in [1.165, 1.54) is 4.90 Å². The largest absolute Gasteiger partial charge is 0.356 e. The van der Waals surface area contributed by atoms with Gasteiger partial charge in [-0.25, -0.2) is 0 Å². The molecule has 0 aliphatic heterocycles. The lowest BCUT2D eigenvalue weighted by Gasteiger charge is -2.15. The Morgan fingerprint density at radius 2 is 2.11 bits per heavy atom. The number of likely N-dealkylation sites (N-methyl/N-ethyl adjacent to an activating group) is 1. The van der Waals surface area contributed by atoms with Crippen molar-refractivity contribution >= 4 is 13.9 Å². The molecule has 3 nitrogen and oxygen atoms in total. The molecule has 1 atom stereocenters. The highest BCUT2D eigenvalue weighted by Gasteiger charge is 2.10. The molecule has 0 saturated carbocycles. The lowest BCUT2D eigenvalue weighted by Crippen LogP contribution is -2.40. The third-order valence-electron chi connectivity index (χ3n) is 1.06. The molecule has 0 unspecified atom stereocenters. The SMILES string of the molecule is [B]N[C@@H](C)C(=O)N(C)C. The maximum atomic E-state index is 10.9. The van der Waals surface area contributed by atoms with E-state index in [0.717, 1.165) is 0 Å². The molecule has 50 valence electrons. The van der Waals surface area contributed by atoms with E-state index in [1.807, 2.05) is 0 Å². The van der Waals surface area contributed by atoms with Crippen LogP contribution in [0.5, 0.6) is 0 Å². The average Bonchev–Trinajstić information content (AvgIpc) is 1.84. The van der Waals surface area contributed by atoms with Gasteiger partial charge in [-0.3, -0.25) is 4.79 Å². The molecule has 1 amide bonds. The monoisotopic (exact) mass is 126 g/mol. The Balaban J connectivity index is 3.73. The Kier molecular flexibility index (Phi) is 3.31. The van der Waals surface area contributed by atoms with Gasteiger partial charge in [0, 0.05) is 14.1 Å². The van der Waals surface area contributed by atoms with Gasteiger partial charge in [-0.1, -0.05) is 0 Å². The molecule has 2 radical (unpaired) electrons. The zero-order valence-electron chi connectivity index (χ0n) is 6.01. The van der Waals surface area contributed by atoms with Crippen molar-refractivity contribution in [2.75, 3.05) is 14.1 Å². The number of nitrogens with zero attached hydrogens (tertiary/aromatic N) is 1. The van der Waals surface area contributed by atoms with Gasteiger partial charge >= 0.3 is 0 Å². The Labute approximate surface area is 56.8 Å². The molecule has 0 fully saturated rings. The summed E-state index contributed by atoms with van der Waals surface area (Å²) < 4.78 is 0. The van der Waals surface area contributed by atoms with Gasteiger partial charge in [-0.2, -0.15) is 0 Å². The predicted octanol–water partition coefficient (Wildman–Crippen LogP) is -0.864. The van der Waals surface area contributed by atoms with Gasteiger partial charge in [0.1, 0.15) is 0 Å². The number of rotatable bonds is 2. The summed E-state index contributed by atoms with van der Waals surface area (Å²) in [5, 5.41) is 2.35. The van der Waals surface area contributed by atoms with Crippen LogP contribution >= 0.6 is 0 Å². The van der Waals surface area contributed by atoms with E-state index in [2.05, 4.69) is 5.23 Å². The molecule has 9 heavy (non-hydrogen) atoms. The zero-order chi connectivity index (χ0) is 7.44. The van der Waals surface area contributed by atoms with Crippen LogP contribution in [0.4, 0.5) is 0 Å². The Hall–Kier alpha value is -0.505. The third kappa shape index (κ3) is 2.51. The number of amides is 1. The van der Waals surface area contributed by atoms with Crippen molar-refractivity contribution in [3.63, 3.8) is 0 Å². The molecule has 0 rings (SSSR count). The zero-order valence-corrected chi connectivity index (χ0v) is 6.01. The van der Waals surface area contributed by atoms with Crippen LogP contribution in [0, 0.1) is 0 Å². The summed E-state index contributed by atoms with van der Waals surface area (Å²) in [4.78, 5) is 12.3. The van der Waals surface area contributed by atoms with E-state index in [4.69, 9.17) is 7.98 Å². The minimum Gasteiger partial charge on any atom is -0.356 e. The molecule has 0 aromatic rings. The average molecular weight is 126 g/mol. The minimum absolute atomic E-state index is 0.0162. The quantitative estimate of drug-likeness (QED) is 0.488. The van der Waals surface area contributed by atoms with Gasteiger partial charge in [-0.05, 0) is 6.92 Å². The molecule has 0 aromatic heterocycles. The Morgan fingerprint density at radius 3 is 2.22 bits per heavy atom. The number of nitrogens with one attached hydrogen (secondary N) is 1. The maximum Gasteiger partial charge on any atom is 0.237 e. The number of carbonyl (C=O) groups is 1. The highest BCUT2D eigenvalue weighted by Crippen LogP contribution is 1.84. The molecular weight excluding hydrogens is 115 g/mol. The smallest absolute Gasteiger partial charge is 0.237 e. The fraction of sp³-hybridized carbons (Fsp3) is 0.800. The van der Waals surface area contributed by atoms with Crippen LogP contribution in [0.25, 0.3) is 0 Å². The third-order valence-corrected chi connectivity index (χ3v) is 1.06. The first-order valence-electron chi connectivity index (χ1n) is 2.77. The number of hydrogen-bond acceptors (Lipinski definition) is 2. The number of hydrogen-bond donors (Lipinski definition) is 1. The second kappa shape index (κ2) is 3.51. The van der Waals surface area contributed by atoms with Crippen molar-refractivity contribution in [2.24, 2.45) is 0 Å². The first kappa shape index (κ1) is 8.49. The van der Waals surface area contributed by atoms with Gasteiger partial charge < -0.3 is 10.1 Å². The summed E-state index contributed by atoms with van der Waals surface area (Å²) in [6.45, 7) is 1.71. The van der Waals surface area contributed by atoms with Crippen LogP contribution in [0.3, 0.4) is 0 Å². The van der Waals surface area contributed by atoms with E-state index in [0.29, 0.717) is 0 Å². The van der Waals surface area contributed by atoms with E-state index in [-0.39, 0.29) is 11.9 Å². The van der Waals surface area contributed by atoms with Crippen molar-refractivity contribution in [3.8, 4) is 0 Å². The molecule has 0 aliphatic carbocycles. The standard InChI is InChI=1S/C5H11BN2O/c1-4(7-6)5(9)8(2)3/h4,7H,1-3H3/t4-/m0/s1. The molecule has 0 heterocycles. The second-order valence-corrected chi connectivity index (χ2v) is 2.12. The predicted molar refractivity (Wildman–Crippen MR) is 37.0 cm³/mol. The summed E-state index contributed by atoms with van der Waals surface area (Å²) in [6, 6.07) is -0.292. The van der Waals surface area contributed by atoms with Crippen LogP contribution in [0.1, 0.15) is 6.92 Å². The van der Waals surface area contributed by atoms with Crippen molar-refractivity contribution in [2.45, 2.75) is 13.0 Å². The Bertz CT molecular complexity index is 105. The lowest BCUT2D eigenvalue weighted by atomic mass is 10.2. The first-order valence-corrected chi connectivity index (χ1v) is 2.77. The highest BCUT2D eigenvalue weighted by atomic mass is 16.2. The van der Waals surface area contributed by atoms with Crippen molar-refractivity contribution in [1.82, 2.24) is 10.1 Å². The van der Waals surface area contributed by atoms with Gasteiger partial charge in [0.25, 0.3) is 0 Å². The molecule has 1 N–H and O–H groups in total. The van der Waals surface area contributed by atoms with Crippen molar-refractivity contribution in [3.05, 3.63) is 0 Å². The maximum absolute atomic E-state index is 10.9. The summed E-state index contributed by atoms with van der Waals surface area (Å²) >= 11 is 0. The summed E-state index contributed by atoms with van der Waals surface area (Å²) in [6.07, 6.45) is 0. The molecule has 0 spiro atoms. The van der Waals surface area contributed by atoms with E-state index in [1.54, 1.807) is 21.0 Å².